The minimum absolute atomic E-state index is 0.387. The van der Waals surface area contributed by atoms with Gasteiger partial charge in [-0.25, -0.2) is 0 Å². The zero-order valence-corrected chi connectivity index (χ0v) is 10.9. The maximum Gasteiger partial charge on any atom is 0.0732 e. The molecule has 1 fully saturated rings. The second-order valence-corrected chi connectivity index (χ2v) is 5.17. The normalized spacial score (nSPS) is 21.9. The minimum Gasteiger partial charge on any atom is -0.377 e. The molecule has 1 N–H and O–H groups in total. The van der Waals surface area contributed by atoms with Crippen LogP contribution in [0.2, 0.25) is 0 Å². The summed E-state index contributed by atoms with van der Waals surface area (Å²) in [6.45, 7) is 5.33. The van der Waals surface area contributed by atoms with Gasteiger partial charge in [0.05, 0.1) is 6.10 Å². The zero-order chi connectivity index (χ0) is 12.1. The van der Waals surface area contributed by atoms with Crippen LogP contribution in [0.1, 0.15) is 32.3 Å². The molecule has 0 saturated carbocycles. The lowest BCUT2D eigenvalue weighted by Crippen LogP contribution is -2.44. The van der Waals surface area contributed by atoms with Crippen molar-refractivity contribution in [3.8, 4) is 0 Å². The van der Waals surface area contributed by atoms with Gasteiger partial charge in [0.2, 0.25) is 0 Å². The Balaban J connectivity index is 1.99. The fourth-order valence-corrected chi connectivity index (χ4v) is 2.51. The summed E-state index contributed by atoms with van der Waals surface area (Å²) < 4.78 is 5.83. The van der Waals surface area contributed by atoms with Gasteiger partial charge in [0, 0.05) is 18.7 Å². The van der Waals surface area contributed by atoms with Gasteiger partial charge >= 0.3 is 0 Å². The molecule has 1 aromatic carbocycles. The van der Waals surface area contributed by atoms with Crippen molar-refractivity contribution in [3.05, 3.63) is 35.9 Å². The van der Waals surface area contributed by atoms with Gasteiger partial charge in [0.15, 0.2) is 0 Å². The Morgan fingerprint density at radius 3 is 2.65 bits per heavy atom. The van der Waals surface area contributed by atoms with E-state index in [9.17, 15) is 0 Å². The van der Waals surface area contributed by atoms with Crippen molar-refractivity contribution in [2.75, 3.05) is 6.61 Å². The van der Waals surface area contributed by atoms with Gasteiger partial charge in [0.25, 0.3) is 0 Å². The quantitative estimate of drug-likeness (QED) is 0.844. The Morgan fingerprint density at radius 2 is 2.06 bits per heavy atom. The van der Waals surface area contributed by atoms with E-state index >= 15 is 0 Å². The van der Waals surface area contributed by atoms with Crippen LogP contribution in [0.3, 0.4) is 0 Å². The summed E-state index contributed by atoms with van der Waals surface area (Å²) in [7, 11) is 0. The fraction of sp³-hybridized carbons (Fsp3) is 0.600. The van der Waals surface area contributed by atoms with Crippen LogP contribution in [0.5, 0.6) is 0 Å². The van der Waals surface area contributed by atoms with E-state index in [1.54, 1.807) is 0 Å². The van der Waals surface area contributed by atoms with Crippen molar-refractivity contribution in [1.29, 1.82) is 0 Å². The largest absolute Gasteiger partial charge is 0.377 e. The van der Waals surface area contributed by atoms with E-state index in [2.05, 4.69) is 49.5 Å². The van der Waals surface area contributed by atoms with E-state index in [0.717, 1.165) is 13.0 Å². The first kappa shape index (κ1) is 12.6. The maximum absolute atomic E-state index is 5.83. The van der Waals surface area contributed by atoms with Gasteiger partial charge in [-0.3, -0.25) is 0 Å². The van der Waals surface area contributed by atoms with E-state index in [4.69, 9.17) is 4.74 Å². The van der Waals surface area contributed by atoms with Gasteiger partial charge in [-0.1, -0.05) is 44.2 Å². The highest BCUT2D eigenvalue weighted by Crippen LogP contribution is 2.19. The van der Waals surface area contributed by atoms with Gasteiger partial charge in [0.1, 0.15) is 0 Å². The van der Waals surface area contributed by atoms with Crippen LogP contribution in [0.15, 0.2) is 30.3 Å². The molecule has 1 aromatic rings. The Labute approximate surface area is 104 Å². The standard InChI is InChI=1S/C15H23NO/c1-12(2)16-14(15-9-6-10-17-15)11-13-7-4-3-5-8-13/h3-5,7-8,12,14-16H,6,9-11H2,1-2H3/t14-,15+/m1/s1. The van der Waals surface area contributed by atoms with E-state index in [1.165, 1.54) is 18.4 Å². The summed E-state index contributed by atoms with van der Waals surface area (Å²) >= 11 is 0. The molecule has 2 atom stereocenters. The SMILES string of the molecule is CC(C)N[C@H](Cc1ccccc1)[C@@H]1CCCO1. The Morgan fingerprint density at radius 1 is 1.29 bits per heavy atom. The molecule has 0 bridgehead atoms. The molecule has 0 aliphatic carbocycles. The predicted molar refractivity (Wildman–Crippen MR) is 71.2 cm³/mol. The van der Waals surface area contributed by atoms with Crippen molar-refractivity contribution in [2.24, 2.45) is 0 Å². The molecule has 17 heavy (non-hydrogen) atoms. The lowest BCUT2D eigenvalue weighted by atomic mass is 9.99. The smallest absolute Gasteiger partial charge is 0.0732 e. The third kappa shape index (κ3) is 3.83. The first-order chi connectivity index (χ1) is 8.25. The average Bonchev–Trinajstić information content (AvgIpc) is 2.82. The molecule has 0 unspecified atom stereocenters. The van der Waals surface area contributed by atoms with Crippen LogP contribution < -0.4 is 5.32 Å². The topological polar surface area (TPSA) is 21.3 Å². The monoisotopic (exact) mass is 233 g/mol. The second-order valence-electron chi connectivity index (χ2n) is 5.17. The number of ether oxygens (including phenoxy) is 1. The highest BCUT2D eigenvalue weighted by Gasteiger charge is 2.26. The molecular weight excluding hydrogens is 210 g/mol. The van der Waals surface area contributed by atoms with Crippen LogP contribution >= 0.6 is 0 Å². The van der Waals surface area contributed by atoms with Gasteiger partial charge in [-0.2, -0.15) is 0 Å². The van der Waals surface area contributed by atoms with Crippen LogP contribution in [0.25, 0.3) is 0 Å². The summed E-state index contributed by atoms with van der Waals surface area (Å²) in [5, 5.41) is 3.65. The Hall–Kier alpha value is -0.860. The Kier molecular flexibility index (Phi) is 4.57. The zero-order valence-electron chi connectivity index (χ0n) is 10.9. The molecule has 94 valence electrons. The Bertz CT molecular complexity index is 317. The van der Waals surface area contributed by atoms with E-state index in [-0.39, 0.29) is 0 Å². The molecule has 0 radical (unpaired) electrons. The van der Waals surface area contributed by atoms with E-state index in [1.807, 2.05) is 0 Å². The van der Waals surface area contributed by atoms with E-state index in [0.29, 0.717) is 18.2 Å². The molecule has 0 spiro atoms. The molecule has 2 nitrogen and oxygen atoms in total. The van der Waals surface area contributed by atoms with Crippen molar-refractivity contribution < 1.29 is 4.74 Å². The number of nitrogens with one attached hydrogen (secondary N) is 1. The number of hydrogen-bond donors (Lipinski definition) is 1. The fourth-order valence-electron chi connectivity index (χ4n) is 2.51. The second kappa shape index (κ2) is 6.18. The van der Waals surface area contributed by atoms with Gasteiger partial charge < -0.3 is 10.1 Å². The molecule has 0 aromatic heterocycles. The van der Waals surface area contributed by atoms with Crippen molar-refractivity contribution in [1.82, 2.24) is 5.32 Å². The predicted octanol–water partition coefficient (Wildman–Crippen LogP) is 2.77. The lowest BCUT2D eigenvalue weighted by Gasteiger charge is -2.26. The lowest BCUT2D eigenvalue weighted by molar-refractivity contribution is 0.0755. The minimum atomic E-state index is 0.387. The molecule has 1 heterocycles. The summed E-state index contributed by atoms with van der Waals surface area (Å²) in [6.07, 6.45) is 3.84. The molecule has 1 aliphatic rings. The average molecular weight is 233 g/mol. The summed E-state index contributed by atoms with van der Waals surface area (Å²) in [5.41, 5.74) is 1.39. The van der Waals surface area contributed by atoms with Crippen LogP contribution in [-0.2, 0) is 11.2 Å². The maximum atomic E-state index is 5.83. The third-order valence-electron chi connectivity index (χ3n) is 3.26. The highest BCUT2D eigenvalue weighted by atomic mass is 16.5. The third-order valence-corrected chi connectivity index (χ3v) is 3.26. The number of rotatable bonds is 5. The molecule has 2 heteroatoms. The molecule has 0 amide bonds. The summed E-state index contributed by atoms with van der Waals surface area (Å²) in [6, 6.07) is 11.6. The van der Waals surface area contributed by atoms with Gasteiger partial charge in [-0.05, 0) is 24.8 Å². The van der Waals surface area contributed by atoms with Crippen LogP contribution in [0, 0.1) is 0 Å². The number of hydrogen-bond acceptors (Lipinski definition) is 2. The van der Waals surface area contributed by atoms with E-state index < -0.39 is 0 Å². The first-order valence-electron chi connectivity index (χ1n) is 6.67. The van der Waals surface area contributed by atoms with Crippen molar-refractivity contribution in [3.63, 3.8) is 0 Å². The van der Waals surface area contributed by atoms with Crippen LogP contribution in [-0.4, -0.2) is 24.8 Å². The molecule has 1 aliphatic heterocycles. The number of benzene rings is 1. The van der Waals surface area contributed by atoms with Gasteiger partial charge in [-0.15, -0.1) is 0 Å². The summed E-state index contributed by atoms with van der Waals surface area (Å²) in [4.78, 5) is 0. The first-order valence-corrected chi connectivity index (χ1v) is 6.67. The molecule has 1 saturated heterocycles. The van der Waals surface area contributed by atoms with Crippen LogP contribution in [0.4, 0.5) is 0 Å². The summed E-state index contributed by atoms with van der Waals surface area (Å²) in [5.74, 6) is 0. The highest BCUT2D eigenvalue weighted by molar-refractivity contribution is 5.16. The molecular formula is C15H23NO. The van der Waals surface area contributed by atoms with Crippen molar-refractivity contribution in [2.45, 2.75) is 51.3 Å². The van der Waals surface area contributed by atoms with Crippen molar-refractivity contribution >= 4 is 0 Å². The molecule has 2 rings (SSSR count).